The van der Waals surface area contributed by atoms with Gasteiger partial charge in [-0.05, 0) is 31.9 Å². The van der Waals surface area contributed by atoms with Crippen molar-refractivity contribution in [2.24, 2.45) is 5.92 Å². The Labute approximate surface area is 115 Å². The van der Waals surface area contributed by atoms with Gasteiger partial charge in [-0.15, -0.1) is 0 Å². The van der Waals surface area contributed by atoms with Crippen LogP contribution >= 0.6 is 0 Å². The van der Waals surface area contributed by atoms with Crippen molar-refractivity contribution in [3.05, 3.63) is 34.4 Å². The molecule has 2 rings (SSSR count). The normalized spacial score (nSPS) is 17.2. The summed E-state index contributed by atoms with van der Waals surface area (Å²) in [6.07, 6.45) is 1.63. The predicted octanol–water partition coefficient (Wildman–Crippen LogP) is 1.43. The van der Waals surface area contributed by atoms with Gasteiger partial charge in [0.15, 0.2) is 11.3 Å². The Hall–Kier alpha value is -2.15. The number of rotatable bonds is 7. The summed E-state index contributed by atoms with van der Waals surface area (Å²) in [4.78, 5) is 21.8. The summed E-state index contributed by atoms with van der Waals surface area (Å²) in [6.45, 7) is -0.144. The average Bonchev–Trinajstić information content (AvgIpc) is 3.25. The smallest absolute Gasteiger partial charge is 0.327 e. The van der Waals surface area contributed by atoms with Crippen molar-refractivity contribution in [1.82, 2.24) is 5.32 Å². The lowest BCUT2D eigenvalue weighted by Crippen LogP contribution is -2.56. The number of hydrogen-bond acceptors (Lipinski definition) is 5. The Morgan fingerprint density at radius 3 is 2.70 bits per heavy atom. The van der Waals surface area contributed by atoms with E-state index >= 15 is 0 Å². The Kier molecular flexibility index (Phi) is 3.89. The molecule has 1 fully saturated rings. The second-order valence-corrected chi connectivity index (χ2v) is 4.81. The van der Waals surface area contributed by atoms with Gasteiger partial charge in [-0.2, -0.15) is 0 Å². The number of nitrogens with zero attached hydrogens (tertiary/aromatic N) is 1. The van der Waals surface area contributed by atoms with Crippen molar-refractivity contribution in [3.8, 4) is 5.75 Å². The molecule has 7 nitrogen and oxygen atoms in total. The first-order valence-corrected chi connectivity index (χ1v) is 6.30. The molecule has 108 valence electrons. The molecule has 0 saturated heterocycles. The van der Waals surface area contributed by atoms with E-state index < -0.39 is 16.4 Å². The van der Waals surface area contributed by atoms with Crippen molar-refractivity contribution in [3.63, 3.8) is 0 Å². The number of benzene rings is 1. The van der Waals surface area contributed by atoms with Crippen molar-refractivity contribution >= 4 is 11.7 Å². The zero-order valence-electron chi connectivity index (χ0n) is 11.0. The van der Waals surface area contributed by atoms with E-state index in [4.69, 9.17) is 4.74 Å². The van der Waals surface area contributed by atoms with E-state index in [0.29, 0.717) is 0 Å². The van der Waals surface area contributed by atoms with E-state index in [9.17, 15) is 20.0 Å². The second kappa shape index (κ2) is 5.46. The highest BCUT2D eigenvalue weighted by Gasteiger charge is 2.51. The maximum Gasteiger partial charge on any atom is 0.327 e. The number of ether oxygens (including phenoxy) is 1. The molecule has 1 aliphatic carbocycles. The van der Waals surface area contributed by atoms with Crippen molar-refractivity contribution in [2.75, 3.05) is 13.7 Å². The molecule has 0 spiro atoms. The van der Waals surface area contributed by atoms with Crippen LogP contribution in [0.15, 0.2) is 24.3 Å². The topological polar surface area (TPSA) is 102 Å². The summed E-state index contributed by atoms with van der Waals surface area (Å²) in [6, 6.07) is 5.94. The number of nitrogens with one attached hydrogen (secondary N) is 1. The van der Waals surface area contributed by atoms with Crippen LogP contribution in [0.4, 0.5) is 5.69 Å². The minimum atomic E-state index is -1.19. The third kappa shape index (κ3) is 2.57. The van der Waals surface area contributed by atoms with E-state index in [-0.39, 0.29) is 24.0 Å². The van der Waals surface area contributed by atoms with Gasteiger partial charge in [-0.25, -0.2) is 0 Å². The lowest BCUT2D eigenvalue weighted by molar-refractivity contribution is -0.385. The third-order valence-electron chi connectivity index (χ3n) is 3.62. The summed E-state index contributed by atoms with van der Waals surface area (Å²) in [7, 11) is 1.56. The predicted molar refractivity (Wildman–Crippen MR) is 70.7 cm³/mol. The molecular weight excluding hydrogens is 264 g/mol. The van der Waals surface area contributed by atoms with Crippen LogP contribution in [-0.2, 0) is 4.79 Å². The maximum atomic E-state index is 11.5. The molecule has 1 unspecified atom stereocenters. The average molecular weight is 280 g/mol. The molecule has 2 N–H and O–H groups in total. The van der Waals surface area contributed by atoms with Crippen LogP contribution in [0.5, 0.6) is 5.75 Å². The van der Waals surface area contributed by atoms with Gasteiger partial charge in [0.25, 0.3) is 0 Å². The van der Waals surface area contributed by atoms with Gasteiger partial charge in [0.05, 0.1) is 4.92 Å². The number of aliphatic carboxylic acids is 1. The number of nitro benzene ring substituents is 1. The van der Waals surface area contributed by atoms with Gasteiger partial charge in [0, 0.05) is 6.07 Å². The van der Waals surface area contributed by atoms with Crippen LogP contribution in [-0.4, -0.2) is 35.2 Å². The Bertz CT molecular complexity index is 529. The number of carbonyl (C=O) groups is 1. The molecule has 7 heteroatoms. The van der Waals surface area contributed by atoms with Gasteiger partial charge in [-0.1, -0.05) is 12.1 Å². The standard InChI is InChI=1S/C13H16N2O5/c1-14-13(12(16)17,9-6-7-9)8-20-11-5-3-2-4-10(11)15(18)19/h2-5,9,14H,6-8H2,1H3,(H,16,17). The van der Waals surface area contributed by atoms with Crippen LogP contribution in [0.1, 0.15) is 12.8 Å². The molecule has 20 heavy (non-hydrogen) atoms. The summed E-state index contributed by atoms with van der Waals surface area (Å²) in [5.74, 6) is -0.923. The second-order valence-electron chi connectivity index (χ2n) is 4.81. The quantitative estimate of drug-likeness (QED) is 0.578. The van der Waals surface area contributed by atoms with E-state index in [1.54, 1.807) is 13.1 Å². The zero-order valence-corrected chi connectivity index (χ0v) is 11.0. The first-order valence-electron chi connectivity index (χ1n) is 6.30. The minimum Gasteiger partial charge on any atom is -0.484 e. The van der Waals surface area contributed by atoms with Gasteiger partial charge in [0.2, 0.25) is 0 Å². The molecule has 0 amide bonds. The van der Waals surface area contributed by atoms with Gasteiger partial charge in [-0.3, -0.25) is 14.9 Å². The number of para-hydroxylation sites is 2. The van der Waals surface area contributed by atoms with Crippen LogP contribution in [0.25, 0.3) is 0 Å². The molecular formula is C13H16N2O5. The number of carboxylic acid groups (broad SMARTS) is 1. The fourth-order valence-electron chi connectivity index (χ4n) is 2.24. The van der Waals surface area contributed by atoms with Crippen LogP contribution in [0, 0.1) is 16.0 Å². The largest absolute Gasteiger partial charge is 0.484 e. The zero-order chi connectivity index (χ0) is 14.8. The van der Waals surface area contributed by atoms with Crippen LogP contribution in [0.3, 0.4) is 0 Å². The molecule has 1 atom stereocenters. The Balaban J connectivity index is 2.18. The van der Waals surface area contributed by atoms with Crippen molar-refractivity contribution in [2.45, 2.75) is 18.4 Å². The highest BCUT2D eigenvalue weighted by Crippen LogP contribution is 2.40. The monoisotopic (exact) mass is 280 g/mol. The maximum absolute atomic E-state index is 11.5. The van der Waals surface area contributed by atoms with Crippen molar-refractivity contribution < 1.29 is 19.6 Å². The molecule has 1 aromatic carbocycles. The SMILES string of the molecule is CNC(COc1ccccc1[N+](=O)[O-])(C(=O)O)C1CC1. The number of likely N-dealkylation sites (N-methyl/N-ethyl adjacent to an activating group) is 1. The number of hydrogen-bond donors (Lipinski definition) is 2. The highest BCUT2D eigenvalue weighted by molar-refractivity contribution is 5.80. The first-order chi connectivity index (χ1) is 9.51. The molecule has 0 aliphatic heterocycles. The van der Waals surface area contributed by atoms with Gasteiger partial charge in [0.1, 0.15) is 6.61 Å². The summed E-state index contributed by atoms with van der Waals surface area (Å²) < 4.78 is 5.43. The van der Waals surface area contributed by atoms with E-state index in [1.807, 2.05) is 0 Å². The van der Waals surface area contributed by atoms with E-state index in [2.05, 4.69) is 5.32 Å². The molecule has 1 aromatic rings. The summed E-state index contributed by atoms with van der Waals surface area (Å²) in [5, 5.41) is 23.1. The molecule has 0 aromatic heterocycles. The molecule has 0 radical (unpaired) electrons. The van der Waals surface area contributed by atoms with Gasteiger partial charge >= 0.3 is 11.7 Å². The molecule has 1 aliphatic rings. The van der Waals surface area contributed by atoms with E-state index in [1.165, 1.54) is 18.2 Å². The number of nitro groups is 1. The Morgan fingerprint density at radius 1 is 1.55 bits per heavy atom. The number of carboxylic acids is 1. The highest BCUT2D eigenvalue weighted by atomic mass is 16.6. The van der Waals surface area contributed by atoms with Crippen molar-refractivity contribution in [1.29, 1.82) is 0 Å². The van der Waals surface area contributed by atoms with Gasteiger partial charge < -0.3 is 15.2 Å². The Morgan fingerprint density at radius 2 is 2.20 bits per heavy atom. The molecule has 0 heterocycles. The fraction of sp³-hybridized carbons (Fsp3) is 0.462. The summed E-state index contributed by atoms with van der Waals surface area (Å²) >= 11 is 0. The third-order valence-corrected chi connectivity index (χ3v) is 3.62. The lowest BCUT2D eigenvalue weighted by atomic mass is 9.94. The first kappa shape index (κ1) is 14.3. The van der Waals surface area contributed by atoms with Crippen LogP contribution in [0.2, 0.25) is 0 Å². The molecule has 1 saturated carbocycles. The van der Waals surface area contributed by atoms with E-state index in [0.717, 1.165) is 12.8 Å². The lowest BCUT2D eigenvalue weighted by Gasteiger charge is -2.28. The summed E-state index contributed by atoms with van der Waals surface area (Å²) in [5.41, 5.74) is -1.36. The van der Waals surface area contributed by atoms with Crippen LogP contribution < -0.4 is 10.1 Å². The minimum absolute atomic E-state index is 0.00670. The fourth-order valence-corrected chi connectivity index (χ4v) is 2.24. The molecule has 0 bridgehead atoms.